The lowest BCUT2D eigenvalue weighted by Crippen LogP contribution is -2.38. The lowest BCUT2D eigenvalue weighted by molar-refractivity contribution is -0.167. The summed E-state index contributed by atoms with van der Waals surface area (Å²) in [6.45, 7) is 1.99. The van der Waals surface area contributed by atoms with Crippen molar-refractivity contribution in [3.8, 4) is 11.1 Å². The van der Waals surface area contributed by atoms with Gasteiger partial charge in [0.25, 0.3) is 0 Å². The van der Waals surface area contributed by atoms with E-state index in [4.69, 9.17) is 11.6 Å². The number of pyridine rings is 1. The number of alkyl halides is 3. The number of amides is 3. The second kappa shape index (κ2) is 12.8. The van der Waals surface area contributed by atoms with Crippen molar-refractivity contribution in [1.82, 2.24) is 9.88 Å². The third-order valence-electron chi connectivity index (χ3n) is 7.93. The number of rotatable bonds is 3. The second-order valence-electron chi connectivity index (χ2n) is 10.9. The number of para-hydroxylation sites is 1. The summed E-state index contributed by atoms with van der Waals surface area (Å²) in [5, 5.41) is 4.37. The summed E-state index contributed by atoms with van der Waals surface area (Å²) in [6.07, 6.45) is 0.314. The second-order valence-corrected chi connectivity index (χ2v) is 11.3. The summed E-state index contributed by atoms with van der Waals surface area (Å²) in [5.74, 6) is -4.10. The van der Waals surface area contributed by atoms with Gasteiger partial charge in [-0.25, -0.2) is 4.39 Å². The smallest absolute Gasteiger partial charge is 0.330 e. The first-order valence-corrected chi connectivity index (χ1v) is 14.6. The number of benzene rings is 2. The van der Waals surface area contributed by atoms with Crippen LogP contribution in [0.3, 0.4) is 0 Å². The van der Waals surface area contributed by atoms with Crippen LogP contribution in [-0.4, -0.2) is 40.3 Å². The Balaban J connectivity index is 1.50. The van der Waals surface area contributed by atoms with E-state index in [1.165, 1.54) is 6.08 Å². The van der Waals surface area contributed by atoms with E-state index in [1.54, 1.807) is 16.4 Å². The molecule has 2 atom stereocenters. The van der Waals surface area contributed by atoms with Crippen LogP contribution < -0.4 is 10.6 Å². The van der Waals surface area contributed by atoms with Gasteiger partial charge >= 0.3 is 12.1 Å². The van der Waals surface area contributed by atoms with Crippen molar-refractivity contribution in [2.24, 2.45) is 5.92 Å². The molecule has 44 heavy (non-hydrogen) atoms. The molecule has 2 bridgehead atoms. The lowest BCUT2D eigenvalue weighted by atomic mass is 9.93. The predicted molar refractivity (Wildman–Crippen MR) is 159 cm³/mol. The number of hydrogen-bond donors (Lipinski definition) is 2. The van der Waals surface area contributed by atoms with E-state index in [0.29, 0.717) is 30.6 Å². The first kappa shape index (κ1) is 31.2. The zero-order chi connectivity index (χ0) is 31.6. The Kier molecular flexibility index (Phi) is 9.05. The maximum absolute atomic E-state index is 15.2. The third-order valence-corrected chi connectivity index (χ3v) is 8.22. The number of nitrogens with zero attached hydrogens (tertiary/aromatic N) is 2. The van der Waals surface area contributed by atoms with Gasteiger partial charge in [-0.15, -0.1) is 0 Å². The van der Waals surface area contributed by atoms with E-state index < -0.39 is 35.5 Å². The highest BCUT2D eigenvalue weighted by molar-refractivity contribution is 6.31. The normalized spacial score (nSPS) is 19.5. The highest BCUT2D eigenvalue weighted by atomic mass is 35.5. The SMILES string of the molecule is CC1CCCCC(N2CCC(c3c(NC(=O)C(F)(F)F)ccc(Cl)c3F)=CC2=O)c2cc(ccn2)-c2ccccc2NC1=O. The number of halogens is 5. The molecule has 12 heteroatoms. The number of hydrogen-bond acceptors (Lipinski definition) is 4. The molecule has 2 N–H and O–H groups in total. The monoisotopic (exact) mass is 628 g/mol. The van der Waals surface area contributed by atoms with Crippen molar-refractivity contribution < 1.29 is 31.9 Å². The van der Waals surface area contributed by atoms with Crippen LogP contribution >= 0.6 is 11.6 Å². The number of aromatic nitrogens is 1. The molecule has 3 heterocycles. The van der Waals surface area contributed by atoms with Crippen LogP contribution in [0.4, 0.5) is 28.9 Å². The van der Waals surface area contributed by atoms with Crippen LogP contribution in [0, 0.1) is 11.7 Å². The molecule has 0 saturated carbocycles. The number of nitrogens with one attached hydrogen (secondary N) is 2. The molecule has 7 nitrogen and oxygen atoms in total. The predicted octanol–water partition coefficient (Wildman–Crippen LogP) is 7.55. The zero-order valence-electron chi connectivity index (χ0n) is 23.7. The summed E-state index contributed by atoms with van der Waals surface area (Å²) in [6, 6.07) is 12.8. The third kappa shape index (κ3) is 6.62. The highest BCUT2D eigenvalue weighted by Gasteiger charge is 2.39. The van der Waals surface area contributed by atoms with E-state index in [2.05, 4.69) is 10.3 Å². The van der Waals surface area contributed by atoms with Crippen molar-refractivity contribution in [3.05, 3.63) is 82.9 Å². The number of fused-ring (bicyclic) bond motifs is 4. The van der Waals surface area contributed by atoms with E-state index in [9.17, 15) is 27.6 Å². The van der Waals surface area contributed by atoms with Gasteiger partial charge in [-0.05, 0) is 60.7 Å². The average molecular weight is 629 g/mol. The van der Waals surface area contributed by atoms with Gasteiger partial charge < -0.3 is 15.5 Å². The Morgan fingerprint density at radius 1 is 1.09 bits per heavy atom. The Labute approximate surface area is 256 Å². The number of carbonyl (C=O) groups excluding carboxylic acids is 3. The first-order chi connectivity index (χ1) is 20.9. The average Bonchev–Trinajstić information content (AvgIpc) is 2.99. The van der Waals surface area contributed by atoms with Crippen LogP contribution in [0.25, 0.3) is 16.7 Å². The fraction of sp³-hybridized carbons (Fsp3) is 0.312. The van der Waals surface area contributed by atoms with E-state index in [1.807, 2.05) is 43.3 Å². The maximum atomic E-state index is 15.2. The van der Waals surface area contributed by atoms with Gasteiger partial charge in [0.05, 0.1) is 22.4 Å². The van der Waals surface area contributed by atoms with Crippen molar-refractivity contribution >= 4 is 46.3 Å². The van der Waals surface area contributed by atoms with Gasteiger partial charge in [-0.2, -0.15) is 13.2 Å². The van der Waals surface area contributed by atoms with Crippen molar-refractivity contribution in [2.45, 2.75) is 51.2 Å². The van der Waals surface area contributed by atoms with Crippen molar-refractivity contribution in [1.29, 1.82) is 0 Å². The molecule has 0 aliphatic carbocycles. The first-order valence-electron chi connectivity index (χ1n) is 14.2. The van der Waals surface area contributed by atoms with Gasteiger partial charge in [-0.1, -0.05) is 49.6 Å². The van der Waals surface area contributed by atoms with Crippen LogP contribution in [-0.2, 0) is 14.4 Å². The molecule has 2 unspecified atom stereocenters. The molecular formula is C32H29ClF4N4O3. The molecule has 230 valence electrons. The van der Waals surface area contributed by atoms with Gasteiger partial charge in [0, 0.05) is 41.5 Å². The van der Waals surface area contributed by atoms with Gasteiger partial charge in [-0.3, -0.25) is 19.4 Å². The largest absolute Gasteiger partial charge is 0.471 e. The van der Waals surface area contributed by atoms with Gasteiger partial charge in [0.15, 0.2) is 5.82 Å². The van der Waals surface area contributed by atoms with Crippen LogP contribution in [0.5, 0.6) is 0 Å². The molecule has 0 fully saturated rings. The van der Waals surface area contributed by atoms with E-state index in [-0.39, 0.29) is 40.9 Å². The Morgan fingerprint density at radius 3 is 2.59 bits per heavy atom. The van der Waals surface area contributed by atoms with Crippen LogP contribution in [0.15, 0.2) is 60.8 Å². The van der Waals surface area contributed by atoms with Gasteiger partial charge in [0.1, 0.15) is 0 Å². The standard InChI is InChI=1S/C32H29ClF4N4O3/c1-18-6-2-5-9-26(25-16-19(12-14-38-25)21-7-3-4-8-23(21)39-30(18)43)41-15-13-20(17-27(41)42)28-24(11-10-22(33)29(28)34)40-31(44)32(35,36)37/h3-4,7-8,10-12,14,16-18,26H,2,5-6,9,13,15H2,1H3,(H,39,43)(H,40,44). The van der Waals surface area contributed by atoms with Gasteiger partial charge in [0.2, 0.25) is 11.8 Å². The molecule has 0 radical (unpaired) electrons. The molecule has 0 spiro atoms. The number of carbonyl (C=O) groups is 3. The summed E-state index contributed by atoms with van der Waals surface area (Å²) in [4.78, 5) is 44.4. The van der Waals surface area contributed by atoms with E-state index in [0.717, 1.165) is 29.7 Å². The fourth-order valence-electron chi connectivity index (χ4n) is 5.60. The summed E-state index contributed by atoms with van der Waals surface area (Å²) < 4.78 is 54.1. The molecule has 0 saturated heterocycles. The molecule has 3 aromatic rings. The van der Waals surface area contributed by atoms with Crippen LogP contribution in [0.1, 0.15) is 56.3 Å². The minimum Gasteiger partial charge on any atom is -0.330 e. The quantitative estimate of drug-likeness (QED) is 0.293. The van der Waals surface area contributed by atoms with Crippen molar-refractivity contribution in [2.75, 3.05) is 17.2 Å². The molecule has 2 aliphatic rings. The summed E-state index contributed by atoms with van der Waals surface area (Å²) >= 11 is 5.94. The topological polar surface area (TPSA) is 91.4 Å². The molecule has 1 aromatic heterocycles. The molecule has 2 aliphatic heterocycles. The maximum Gasteiger partial charge on any atom is 0.471 e. The van der Waals surface area contributed by atoms with Crippen molar-refractivity contribution in [3.63, 3.8) is 0 Å². The van der Waals surface area contributed by atoms with Crippen LogP contribution in [0.2, 0.25) is 5.02 Å². The van der Waals surface area contributed by atoms with E-state index >= 15 is 4.39 Å². The molecular weight excluding hydrogens is 600 g/mol. The lowest BCUT2D eigenvalue weighted by Gasteiger charge is -2.34. The summed E-state index contributed by atoms with van der Waals surface area (Å²) in [5.41, 5.74) is 2.21. The zero-order valence-corrected chi connectivity index (χ0v) is 24.4. The Hall–Kier alpha value is -4.25. The Morgan fingerprint density at radius 2 is 1.84 bits per heavy atom. The highest BCUT2D eigenvalue weighted by Crippen LogP contribution is 2.39. The minimum absolute atomic E-state index is 0.0783. The summed E-state index contributed by atoms with van der Waals surface area (Å²) in [7, 11) is 0. The fourth-order valence-corrected chi connectivity index (χ4v) is 5.76. The molecule has 2 aromatic carbocycles. The number of anilines is 2. The molecule has 3 amide bonds. The Bertz CT molecular complexity index is 1640. The minimum atomic E-state index is -5.20. The molecule has 5 rings (SSSR count).